The number of benzene rings is 1. The first kappa shape index (κ1) is 11.7. The molecule has 72 valence electrons. The third kappa shape index (κ3) is 2.32. The summed E-state index contributed by atoms with van der Waals surface area (Å²) in [4.78, 5) is 10.1. The summed E-state index contributed by atoms with van der Waals surface area (Å²) in [6, 6.07) is 3.24. The van der Waals surface area contributed by atoms with E-state index < -0.39 is 4.92 Å². The summed E-state index contributed by atoms with van der Waals surface area (Å²) in [5.74, 6) is 0. The van der Waals surface area contributed by atoms with Gasteiger partial charge in [-0.05, 0) is 25.5 Å². The van der Waals surface area contributed by atoms with E-state index in [-0.39, 0.29) is 18.1 Å². The Morgan fingerprint density at radius 2 is 1.92 bits per heavy atom. The van der Waals surface area contributed by atoms with Gasteiger partial charge in [0.05, 0.1) is 4.92 Å². The first-order chi connectivity index (χ1) is 5.52. The number of nitrogens with zero attached hydrogens (tertiary/aromatic N) is 1. The van der Waals surface area contributed by atoms with E-state index in [9.17, 15) is 10.1 Å². The Hall–Kier alpha value is -1.29. The first-order valence-corrected chi connectivity index (χ1v) is 3.53. The Balaban J connectivity index is 0.00000144. The standard InChI is InChI=1S/C8H10N2O2.ClH/c1-5-3-7(9)6(2)8(4-5)10(11)12;/h3-4H,9H2,1-2H3;1H. The zero-order valence-corrected chi connectivity index (χ0v) is 8.22. The highest BCUT2D eigenvalue weighted by Gasteiger charge is 2.12. The normalized spacial score (nSPS) is 9.08. The van der Waals surface area contributed by atoms with E-state index in [1.807, 2.05) is 0 Å². The molecule has 0 aromatic heterocycles. The van der Waals surface area contributed by atoms with Crippen molar-refractivity contribution in [2.24, 2.45) is 0 Å². The maximum absolute atomic E-state index is 10.5. The third-order valence-corrected chi connectivity index (χ3v) is 1.76. The van der Waals surface area contributed by atoms with Gasteiger partial charge in [-0.3, -0.25) is 10.1 Å². The number of halogens is 1. The van der Waals surface area contributed by atoms with E-state index in [1.54, 1.807) is 19.9 Å². The van der Waals surface area contributed by atoms with Gasteiger partial charge in [-0.1, -0.05) is 0 Å². The fourth-order valence-electron chi connectivity index (χ4n) is 1.06. The van der Waals surface area contributed by atoms with Gasteiger partial charge in [-0.15, -0.1) is 12.4 Å². The van der Waals surface area contributed by atoms with Crippen LogP contribution >= 0.6 is 12.4 Å². The molecule has 0 amide bonds. The molecule has 0 aliphatic heterocycles. The fourth-order valence-corrected chi connectivity index (χ4v) is 1.06. The van der Waals surface area contributed by atoms with Crippen molar-refractivity contribution in [2.45, 2.75) is 13.8 Å². The second-order valence-electron chi connectivity index (χ2n) is 2.76. The lowest BCUT2D eigenvalue weighted by Gasteiger charge is -2.02. The molecule has 1 rings (SSSR count). The SMILES string of the molecule is Cc1cc(N)c(C)c([N+](=O)[O-])c1.Cl. The number of hydrogen-bond donors (Lipinski definition) is 1. The Kier molecular flexibility index (Phi) is 3.69. The molecule has 0 radical (unpaired) electrons. The van der Waals surface area contributed by atoms with Gasteiger partial charge in [0.1, 0.15) is 0 Å². The van der Waals surface area contributed by atoms with Crippen LogP contribution in [0.2, 0.25) is 0 Å². The zero-order chi connectivity index (χ0) is 9.30. The van der Waals surface area contributed by atoms with Crippen LogP contribution in [-0.2, 0) is 0 Å². The van der Waals surface area contributed by atoms with Crippen LogP contribution in [0.1, 0.15) is 11.1 Å². The lowest BCUT2D eigenvalue weighted by atomic mass is 10.1. The molecule has 0 spiro atoms. The lowest BCUT2D eigenvalue weighted by Crippen LogP contribution is -1.97. The molecule has 1 aromatic carbocycles. The largest absolute Gasteiger partial charge is 0.398 e. The summed E-state index contributed by atoms with van der Waals surface area (Å²) in [7, 11) is 0. The minimum Gasteiger partial charge on any atom is -0.398 e. The summed E-state index contributed by atoms with van der Waals surface area (Å²) in [5.41, 5.74) is 7.46. The molecule has 4 nitrogen and oxygen atoms in total. The van der Waals surface area contributed by atoms with E-state index >= 15 is 0 Å². The average Bonchev–Trinajstić information content (AvgIpc) is 1.96. The van der Waals surface area contributed by atoms with Crippen molar-refractivity contribution in [1.82, 2.24) is 0 Å². The van der Waals surface area contributed by atoms with Crippen LogP contribution in [0.25, 0.3) is 0 Å². The van der Waals surface area contributed by atoms with Crippen LogP contribution in [0.15, 0.2) is 12.1 Å². The van der Waals surface area contributed by atoms with Gasteiger partial charge in [0.2, 0.25) is 0 Å². The summed E-state index contributed by atoms with van der Waals surface area (Å²) in [5, 5.41) is 10.5. The number of nitrogen functional groups attached to an aromatic ring is 1. The molecule has 0 bridgehead atoms. The van der Waals surface area contributed by atoms with Gasteiger partial charge < -0.3 is 5.73 Å². The number of nitro groups is 1. The highest BCUT2D eigenvalue weighted by Crippen LogP contribution is 2.24. The van der Waals surface area contributed by atoms with Gasteiger partial charge in [0.25, 0.3) is 5.69 Å². The zero-order valence-electron chi connectivity index (χ0n) is 7.40. The minimum absolute atomic E-state index is 0. The van der Waals surface area contributed by atoms with E-state index in [2.05, 4.69) is 0 Å². The Bertz CT molecular complexity index is 339. The molecule has 0 aliphatic carbocycles. The van der Waals surface area contributed by atoms with Crippen LogP contribution in [0.4, 0.5) is 11.4 Å². The monoisotopic (exact) mass is 202 g/mol. The summed E-state index contributed by atoms with van der Waals surface area (Å²) < 4.78 is 0. The fraction of sp³-hybridized carbons (Fsp3) is 0.250. The predicted octanol–water partition coefficient (Wildman–Crippen LogP) is 2.22. The van der Waals surface area contributed by atoms with E-state index in [0.29, 0.717) is 11.3 Å². The highest BCUT2D eigenvalue weighted by atomic mass is 35.5. The number of nitro benzene ring substituents is 1. The average molecular weight is 203 g/mol. The number of hydrogen-bond acceptors (Lipinski definition) is 3. The molecule has 0 atom stereocenters. The van der Waals surface area contributed by atoms with Crippen LogP contribution in [-0.4, -0.2) is 4.92 Å². The van der Waals surface area contributed by atoms with Crippen LogP contribution in [0, 0.1) is 24.0 Å². The molecule has 0 saturated heterocycles. The van der Waals surface area contributed by atoms with Crippen molar-refractivity contribution >= 4 is 23.8 Å². The van der Waals surface area contributed by atoms with Gasteiger partial charge in [-0.2, -0.15) is 0 Å². The maximum Gasteiger partial charge on any atom is 0.274 e. The Labute approximate surface area is 82.3 Å². The van der Waals surface area contributed by atoms with Crippen LogP contribution < -0.4 is 5.73 Å². The molecule has 1 aromatic rings. The van der Waals surface area contributed by atoms with Crippen LogP contribution in [0.5, 0.6) is 0 Å². The first-order valence-electron chi connectivity index (χ1n) is 3.53. The number of rotatable bonds is 1. The molecular formula is C8H11ClN2O2. The van der Waals surface area contributed by atoms with Crippen molar-refractivity contribution in [2.75, 3.05) is 5.73 Å². The summed E-state index contributed by atoms with van der Waals surface area (Å²) in [6.45, 7) is 3.43. The quantitative estimate of drug-likeness (QED) is 0.431. The topological polar surface area (TPSA) is 69.2 Å². The molecular weight excluding hydrogens is 192 g/mol. The second kappa shape index (κ2) is 4.09. The molecule has 0 heterocycles. The highest BCUT2D eigenvalue weighted by molar-refractivity contribution is 5.85. The molecule has 13 heavy (non-hydrogen) atoms. The second-order valence-corrected chi connectivity index (χ2v) is 2.76. The van der Waals surface area contributed by atoms with Crippen LogP contribution in [0.3, 0.4) is 0 Å². The Morgan fingerprint density at radius 1 is 1.38 bits per heavy atom. The molecule has 0 saturated carbocycles. The smallest absolute Gasteiger partial charge is 0.274 e. The Morgan fingerprint density at radius 3 is 2.38 bits per heavy atom. The molecule has 0 unspecified atom stereocenters. The van der Waals surface area contributed by atoms with Crippen molar-refractivity contribution in [3.05, 3.63) is 33.4 Å². The molecule has 2 N–H and O–H groups in total. The lowest BCUT2D eigenvalue weighted by molar-refractivity contribution is -0.385. The summed E-state index contributed by atoms with van der Waals surface area (Å²) in [6.07, 6.45) is 0. The molecule has 5 heteroatoms. The van der Waals surface area contributed by atoms with Gasteiger partial charge in [0.15, 0.2) is 0 Å². The van der Waals surface area contributed by atoms with E-state index in [0.717, 1.165) is 5.56 Å². The number of anilines is 1. The van der Waals surface area contributed by atoms with Crippen molar-refractivity contribution in [1.29, 1.82) is 0 Å². The summed E-state index contributed by atoms with van der Waals surface area (Å²) >= 11 is 0. The number of aryl methyl sites for hydroxylation is 1. The minimum atomic E-state index is -0.418. The van der Waals surface area contributed by atoms with Crippen molar-refractivity contribution in [3.63, 3.8) is 0 Å². The third-order valence-electron chi connectivity index (χ3n) is 1.76. The number of nitrogens with two attached hydrogens (primary N) is 1. The predicted molar refractivity (Wildman–Crippen MR) is 54.2 cm³/mol. The van der Waals surface area contributed by atoms with Gasteiger partial charge in [0, 0.05) is 17.3 Å². The molecule has 0 fully saturated rings. The van der Waals surface area contributed by atoms with Gasteiger partial charge in [-0.25, -0.2) is 0 Å². The van der Waals surface area contributed by atoms with Crippen molar-refractivity contribution < 1.29 is 4.92 Å². The van der Waals surface area contributed by atoms with E-state index in [4.69, 9.17) is 5.73 Å². The molecule has 0 aliphatic rings. The maximum atomic E-state index is 10.5. The van der Waals surface area contributed by atoms with Gasteiger partial charge >= 0.3 is 0 Å². The van der Waals surface area contributed by atoms with E-state index in [1.165, 1.54) is 6.07 Å². The van der Waals surface area contributed by atoms with Crippen molar-refractivity contribution in [3.8, 4) is 0 Å².